The van der Waals surface area contributed by atoms with Gasteiger partial charge in [-0.25, -0.2) is 4.98 Å². The molecule has 6 aromatic carbocycles. The van der Waals surface area contributed by atoms with Crippen LogP contribution >= 0.6 is 0 Å². The van der Waals surface area contributed by atoms with E-state index >= 15 is 0 Å². The Hall–Kier alpha value is -5.47. The molecule has 0 N–H and O–H groups in total. The van der Waals surface area contributed by atoms with Gasteiger partial charge in [-0.15, -0.1) is 0 Å². The average Bonchev–Trinajstić information content (AvgIpc) is 3.36. The van der Waals surface area contributed by atoms with Gasteiger partial charge in [0.2, 0.25) is 0 Å². The van der Waals surface area contributed by atoms with Gasteiger partial charge in [-0.1, -0.05) is 121 Å². The van der Waals surface area contributed by atoms with E-state index in [4.69, 9.17) is 4.98 Å². The molecule has 0 saturated carbocycles. The first-order valence-electron chi connectivity index (χ1n) is 14.5. The third-order valence-corrected chi connectivity index (χ3v) is 9.11. The zero-order chi connectivity index (χ0) is 27.7. The highest BCUT2D eigenvalue weighted by Gasteiger charge is 2.47. The molecule has 1 aliphatic heterocycles. The van der Waals surface area contributed by atoms with Crippen LogP contribution in [-0.2, 0) is 5.41 Å². The SMILES string of the molecule is c1ccc(C2(c3ccccc3)c3ccccc3-c3cc4c(cc32)N(c2ccccn2)c2cccc3cccc-4c23)cc1. The van der Waals surface area contributed by atoms with Crippen LogP contribution in [0.4, 0.5) is 17.2 Å². The zero-order valence-electron chi connectivity index (χ0n) is 22.9. The predicted molar refractivity (Wildman–Crippen MR) is 173 cm³/mol. The van der Waals surface area contributed by atoms with Gasteiger partial charge in [-0.05, 0) is 74.7 Å². The Morgan fingerprint density at radius 2 is 1.12 bits per heavy atom. The van der Waals surface area contributed by atoms with Gasteiger partial charge in [0.25, 0.3) is 0 Å². The summed E-state index contributed by atoms with van der Waals surface area (Å²) in [5.41, 5.74) is 12.1. The average molecular weight is 535 g/mol. The number of hydrogen-bond acceptors (Lipinski definition) is 2. The smallest absolute Gasteiger partial charge is 0.137 e. The van der Waals surface area contributed by atoms with Crippen molar-refractivity contribution in [1.29, 1.82) is 0 Å². The lowest BCUT2D eigenvalue weighted by Gasteiger charge is -2.37. The molecule has 0 unspecified atom stereocenters. The van der Waals surface area contributed by atoms with E-state index in [1.807, 2.05) is 12.3 Å². The van der Waals surface area contributed by atoms with E-state index in [0.29, 0.717) is 0 Å². The maximum absolute atomic E-state index is 4.87. The van der Waals surface area contributed by atoms with Crippen molar-refractivity contribution in [3.63, 3.8) is 0 Å². The van der Waals surface area contributed by atoms with Gasteiger partial charge >= 0.3 is 0 Å². The highest BCUT2D eigenvalue weighted by Crippen LogP contribution is 2.60. The summed E-state index contributed by atoms with van der Waals surface area (Å²) in [4.78, 5) is 7.23. The van der Waals surface area contributed by atoms with Gasteiger partial charge in [-0.2, -0.15) is 0 Å². The molecule has 1 aromatic heterocycles. The second kappa shape index (κ2) is 8.76. The first-order chi connectivity index (χ1) is 20.9. The van der Waals surface area contributed by atoms with Crippen molar-refractivity contribution >= 4 is 28.0 Å². The van der Waals surface area contributed by atoms with E-state index < -0.39 is 5.41 Å². The minimum atomic E-state index is -0.456. The largest absolute Gasteiger partial charge is 0.294 e. The molecule has 0 atom stereocenters. The fourth-order valence-electron chi connectivity index (χ4n) is 7.47. The number of fused-ring (bicyclic) bond motifs is 5. The number of hydrogen-bond donors (Lipinski definition) is 0. The van der Waals surface area contributed by atoms with E-state index in [1.165, 1.54) is 55.3 Å². The fourth-order valence-corrected chi connectivity index (χ4v) is 7.47. The summed E-state index contributed by atoms with van der Waals surface area (Å²) in [5, 5.41) is 2.50. The Labute approximate surface area is 245 Å². The standard InChI is InChI=1S/C40H26N2/c1-3-15-28(16-4-1)40(29-17-5-2-6-18-29)34-21-8-7-19-30(34)32-25-33-31-20-11-13-27-14-12-22-36(39(27)31)42(37(33)26-35(32)40)38-23-9-10-24-41-38/h1-26H. The molecule has 0 spiro atoms. The normalized spacial score (nSPS) is 13.9. The Bertz CT molecular complexity index is 2090. The van der Waals surface area contributed by atoms with Crippen molar-refractivity contribution in [3.8, 4) is 22.3 Å². The molecule has 0 fully saturated rings. The summed E-state index contributed by atoms with van der Waals surface area (Å²) in [5.74, 6) is 0.918. The van der Waals surface area contributed by atoms with Crippen LogP contribution in [0.15, 0.2) is 158 Å². The molecule has 7 aromatic rings. The Balaban J connectivity index is 1.45. The van der Waals surface area contributed by atoms with Crippen molar-refractivity contribution in [2.45, 2.75) is 5.41 Å². The molecule has 42 heavy (non-hydrogen) atoms. The van der Waals surface area contributed by atoms with Crippen molar-refractivity contribution in [2.75, 3.05) is 4.90 Å². The van der Waals surface area contributed by atoms with E-state index in [0.717, 1.165) is 17.2 Å². The number of anilines is 3. The molecular formula is C40H26N2. The van der Waals surface area contributed by atoms with Crippen molar-refractivity contribution in [1.82, 2.24) is 4.98 Å². The van der Waals surface area contributed by atoms with Crippen LogP contribution in [0.25, 0.3) is 33.0 Å². The molecule has 0 radical (unpaired) electrons. The molecule has 0 bridgehead atoms. The fraction of sp³-hybridized carbons (Fsp3) is 0.0250. The summed E-state index contributed by atoms with van der Waals surface area (Å²) in [6, 6.07) is 55.3. The first kappa shape index (κ1) is 23.3. The zero-order valence-corrected chi connectivity index (χ0v) is 22.9. The number of aromatic nitrogens is 1. The molecule has 1 aliphatic carbocycles. The number of benzene rings is 6. The van der Waals surface area contributed by atoms with Gasteiger partial charge in [0, 0.05) is 17.1 Å². The van der Waals surface area contributed by atoms with Crippen LogP contribution in [-0.4, -0.2) is 4.98 Å². The molecule has 196 valence electrons. The predicted octanol–water partition coefficient (Wildman–Crippen LogP) is 10.0. The third kappa shape index (κ3) is 3.01. The van der Waals surface area contributed by atoms with E-state index in [-0.39, 0.29) is 0 Å². The Morgan fingerprint density at radius 3 is 1.86 bits per heavy atom. The molecule has 0 amide bonds. The number of rotatable bonds is 3. The summed E-state index contributed by atoms with van der Waals surface area (Å²) in [6.45, 7) is 0. The lowest BCUT2D eigenvalue weighted by atomic mass is 9.67. The molecule has 2 heterocycles. The highest BCUT2D eigenvalue weighted by molar-refractivity contribution is 6.14. The van der Waals surface area contributed by atoms with Gasteiger partial charge in [0.15, 0.2) is 0 Å². The third-order valence-electron chi connectivity index (χ3n) is 9.11. The molecule has 2 nitrogen and oxygen atoms in total. The van der Waals surface area contributed by atoms with Crippen molar-refractivity contribution in [2.24, 2.45) is 0 Å². The Kier molecular flexibility index (Phi) is 4.85. The van der Waals surface area contributed by atoms with E-state index in [2.05, 4.69) is 150 Å². The second-order valence-corrected chi connectivity index (χ2v) is 11.1. The van der Waals surface area contributed by atoms with Crippen LogP contribution < -0.4 is 4.90 Å². The Morgan fingerprint density at radius 1 is 0.452 bits per heavy atom. The summed E-state index contributed by atoms with van der Waals surface area (Å²) in [6.07, 6.45) is 1.89. The molecule has 9 rings (SSSR count). The maximum Gasteiger partial charge on any atom is 0.137 e. The molecule has 2 aliphatic rings. The topological polar surface area (TPSA) is 16.1 Å². The van der Waals surface area contributed by atoms with Crippen LogP contribution in [0, 0.1) is 0 Å². The van der Waals surface area contributed by atoms with Gasteiger partial charge in [0.1, 0.15) is 5.82 Å². The lowest BCUT2D eigenvalue weighted by Crippen LogP contribution is -2.29. The monoisotopic (exact) mass is 534 g/mol. The van der Waals surface area contributed by atoms with Crippen LogP contribution in [0.5, 0.6) is 0 Å². The first-order valence-corrected chi connectivity index (χ1v) is 14.5. The molecule has 0 saturated heterocycles. The number of nitrogens with zero attached hydrogens (tertiary/aromatic N) is 2. The van der Waals surface area contributed by atoms with Gasteiger partial charge in [-0.3, -0.25) is 4.90 Å². The van der Waals surface area contributed by atoms with Crippen molar-refractivity contribution in [3.05, 3.63) is 180 Å². The number of pyridine rings is 1. The van der Waals surface area contributed by atoms with Crippen LogP contribution in [0.3, 0.4) is 0 Å². The van der Waals surface area contributed by atoms with Crippen LogP contribution in [0.1, 0.15) is 22.3 Å². The molecule has 2 heteroatoms. The van der Waals surface area contributed by atoms with Crippen molar-refractivity contribution < 1.29 is 0 Å². The van der Waals surface area contributed by atoms with Gasteiger partial charge in [0.05, 0.1) is 16.8 Å². The van der Waals surface area contributed by atoms with Gasteiger partial charge < -0.3 is 0 Å². The summed E-state index contributed by atoms with van der Waals surface area (Å²) < 4.78 is 0. The highest BCUT2D eigenvalue weighted by atomic mass is 15.2. The molecular weight excluding hydrogens is 508 g/mol. The van der Waals surface area contributed by atoms with E-state index in [1.54, 1.807) is 0 Å². The summed E-state index contributed by atoms with van der Waals surface area (Å²) in [7, 11) is 0. The quantitative estimate of drug-likeness (QED) is 0.224. The summed E-state index contributed by atoms with van der Waals surface area (Å²) >= 11 is 0. The minimum absolute atomic E-state index is 0.456. The lowest BCUT2D eigenvalue weighted by molar-refractivity contribution is 0.768. The minimum Gasteiger partial charge on any atom is -0.294 e. The maximum atomic E-state index is 4.87. The van der Waals surface area contributed by atoms with E-state index in [9.17, 15) is 0 Å². The van der Waals surface area contributed by atoms with Crippen LogP contribution in [0.2, 0.25) is 0 Å². The second-order valence-electron chi connectivity index (χ2n) is 11.1.